The van der Waals surface area contributed by atoms with Gasteiger partial charge in [0.1, 0.15) is 0 Å². The van der Waals surface area contributed by atoms with Crippen LogP contribution in [0.1, 0.15) is 23.2 Å². The van der Waals surface area contributed by atoms with Crippen molar-refractivity contribution in [2.24, 2.45) is 0 Å². The summed E-state index contributed by atoms with van der Waals surface area (Å²) in [6.07, 6.45) is 0.415. The van der Waals surface area contributed by atoms with E-state index in [0.29, 0.717) is 11.4 Å². The fourth-order valence-electron chi connectivity index (χ4n) is 2.99. The molecule has 0 radical (unpaired) electrons. The number of carbonyl (C=O) groups is 1. The number of rotatable bonds is 5. The van der Waals surface area contributed by atoms with Crippen LogP contribution in [-0.4, -0.2) is 10.5 Å². The van der Waals surface area contributed by atoms with Crippen molar-refractivity contribution in [2.75, 3.05) is 0 Å². The van der Waals surface area contributed by atoms with Crippen LogP contribution in [0.3, 0.4) is 0 Å². The van der Waals surface area contributed by atoms with Crippen molar-refractivity contribution in [3.05, 3.63) is 76.4 Å². The Morgan fingerprint density at radius 1 is 1.04 bits per heavy atom. The fraction of sp³-hybridized carbons (Fsp3) is 0.190. The van der Waals surface area contributed by atoms with Crippen molar-refractivity contribution < 1.29 is 9.90 Å². The minimum absolute atomic E-state index is 0.00503. The van der Waals surface area contributed by atoms with Gasteiger partial charge in [-0.15, -0.1) is 0 Å². The molecule has 0 unspecified atom stereocenters. The molecule has 0 aliphatic carbocycles. The Balaban J connectivity index is 2.17. The average Bonchev–Trinajstić information content (AvgIpc) is 2.99. The van der Waals surface area contributed by atoms with Gasteiger partial charge in [0.25, 0.3) is 0 Å². The predicted octanol–water partition coefficient (Wildman–Crippen LogP) is 4.10. The number of aliphatic carboxylic acids is 1. The number of hydrogen-bond acceptors (Lipinski definition) is 2. The first-order valence-corrected chi connectivity index (χ1v) is 8.57. The predicted molar refractivity (Wildman–Crippen MR) is 99.0 cm³/mol. The second-order valence-electron chi connectivity index (χ2n) is 6.21. The maximum absolute atomic E-state index is 10.9. The van der Waals surface area contributed by atoms with E-state index >= 15 is 0 Å². The molecule has 0 amide bonds. The molecule has 0 bridgehead atoms. The van der Waals surface area contributed by atoms with E-state index < -0.39 is 5.97 Å². The van der Waals surface area contributed by atoms with Gasteiger partial charge in [0.2, 0.25) is 0 Å². The van der Waals surface area contributed by atoms with Gasteiger partial charge in [-0.05, 0) is 73.7 Å². The lowest BCUT2D eigenvalue weighted by Crippen LogP contribution is -2.22. The van der Waals surface area contributed by atoms with E-state index in [1.165, 1.54) is 0 Å². The van der Waals surface area contributed by atoms with E-state index in [2.05, 4.69) is 36.6 Å². The molecule has 4 heteroatoms. The van der Waals surface area contributed by atoms with E-state index in [1.807, 2.05) is 36.4 Å². The highest BCUT2D eigenvalue weighted by Gasteiger charge is 2.14. The molecule has 0 N–H and O–H groups in total. The van der Waals surface area contributed by atoms with Gasteiger partial charge >= 0.3 is 0 Å². The number of hydrogen-bond donors (Lipinski definition) is 0. The number of aryl methyl sites for hydroxylation is 3. The minimum Gasteiger partial charge on any atom is -0.550 e. The molecule has 1 heterocycles. The third-order valence-electron chi connectivity index (χ3n) is 4.29. The monoisotopic (exact) mass is 352 g/mol. The molecule has 0 aliphatic rings. The maximum atomic E-state index is 10.9. The van der Waals surface area contributed by atoms with Gasteiger partial charge in [0.05, 0.1) is 5.69 Å². The van der Waals surface area contributed by atoms with Crippen LogP contribution >= 0.6 is 11.6 Å². The third kappa shape index (κ3) is 3.77. The largest absolute Gasteiger partial charge is 0.550 e. The molecular weight excluding hydrogens is 334 g/mol. The number of nitrogens with zero attached hydrogens (tertiary/aromatic N) is 1. The smallest absolute Gasteiger partial charge is 0.0531 e. The van der Waals surface area contributed by atoms with Crippen LogP contribution in [0.2, 0.25) is 5.02 Å². The van der Waals surface area contributed by atoms with E-state index in [1.54, 1.807) is 0 Å². The van der Waals surface area contributed by atoms with E-state index in [-0.39, 0.29) is 6.42 Å². The highest BCUT2D eigenvalue weighted by atomic mass is 35.5. The summed E-state index contributed by atoms with van der Waals surface area (Å²) in [5.74, 6) is -1.04. The summed E-state index contributed by atoms with van der Waals surface area (Å²) in [5, 5.41) is 11.6. The van der Waals surface area contributed by atoms with Gasteiger partial charge in [-0.2, -0.15) is 0 Å². The molecule has 128 valence electrons. The van der Waals surface area contributed by atoms with Gasteiger partial charge in [-0.3, -0.25) is 0 Å². The molecule has 0 saturated carbocycles. The van der Waals surface area contributed by atoms with E-state index in [4.69, 9.17) is 11.6 Å². The molecule has 3 aromatic rings. The molecule has 0 fully saturated rings. The molecule has 2 aromatic carbocycles. The highest BCUT2D eigenvalue weighted by Crippen LogP contribution is 2.30. The van der Waals surface area contributed by atoms with Crippen LogP contribution in [-0.2, 0) is 11.2 Å². The zero-order valence-electron chi connectivity index (χ0n) is 14.3. The average molecular weight is 353 g/mol. The minimum atomic E-state index is -1.04. The maximum Gasteiger partial charge on any atom is 0.0531 e. The van der Waals surface area contributed by atoms with Crippen LogP contribution in [0.15, 0.2) is 54.6 Å². The van der Waals surface area contributed by atoms with Gasteiger partial charge < -0.3 is 14.5 Å². The molecule has 3 rings (SSSR count). The molecule has 1 aromatic heterocycles. The topological polar surface area (TPSA) is 45.1 Å². The Hall–Kier alpha value is -2.52. The first-order chi connectivity index (χ1) is 12.0. The van der Waals surface area contributed by atoms with Crippen LogP contribution < -0.4 is 5.11 Å². The number of carbonyl (C=O) groups excluding carboxylic acids is 1. The van der Waals surface area contributed by atoms with Crippen molar-refractivity contribution in [3.8, 4) is 16.9 Å². The third-order valence-corrected chi connectivity index (χ3v) is 4.54. The summed E-state index contributed by atoms with van der Waals surface area (Å²) in [6, 6.07) is 17.9. The SMILES string of the molecule is Cc1ccc(C)c(-n2c(CCC(=O)[O-])ccc2-c2ccc(Cl)cc2)c1. The Morgan fingerprint density at radius 2 is 1.76 bits per heavy atom. The summed E-state index contributed by atoms with van der Waals surface area (Å²) in [6.45, 7) is 4.11. The zero-order chi connectivity index (χ0) is 18.0. The van der Waals surface area contributed by atoms with Crippen molar-refractivity contribution in [1.29, 1.82) is 0 Å². The van der Waals surface area contributed by atoms with Crippen LogP contribution in [0.5, 0.6) is 0 Å². The van der Waals surface area contributed by atoms with Crippen LogP contribution in [0.4, 0.5) is 0 Å². The molecule has 0 aliphatic heterocycles. The highest BCUT2D eigenvalue weighted by molar-refractivity contribution is 6.30. The molecule has 0 saturated heterocycles. The quantitative estimate of drug-likeness (QED) is 0.694. The molecule has 0 atom stereocenters. The lowest BCUT2D eigenvalue weighted by Gasteiger charge is -2.17. The first-order valence-electron chi connectivity index (χ1n) is 8.20. The molecular formula is C21H19ClNO2-. The number of benzene rings is 2. The lowest BCUT2D eigenvalue weighted by molar-refractivity contribution is -0.305. The van der Waals surface area contributed by atoms with Crippen LogP contribution in [0.25, 0.3) is 16.9 Å². The number of aromatic nitrogens is 1. The molecule has 0 spiro atoms. The van der Waals surface area contributed by atoms with Crippen molar-refractivity contribution >= 4 is 17.6 Å². The molecule has 25 heavy (non-hydrogen) atoms. The summed E-state index contributed by atoms with van der Waals surface area (Å²) in [7, 11) is 0. The Morgan fingerprint density at radius 3 is 2.44 bits per heavy atom. The summed E-state index contributed by atoms with van der Waals surface area (Å²) >= 11 is 6.01. The first kappa shape index (κ1) is 17.3. The Kier molecular flexibility index (Phi) is 4.95. The second-order valence-corrected chi connectivity index (χ2v) is 6.65. The standard InChI is InChI=1S/C21H20ClNO2/c1-14-3-4-15(2)20(13-14)23-18(10-12-21(24)25)9-11-19(23)16-5-7-17(22)8-6-16/h3-9,11,13H,10,12H2,1-2H3,(H,24,25)/p-1. The van der Waals surface area contributed by atoms with Crippen molar-refractivity contribution in [2.45, 2.75) is 26.7 Å². The Bertz CT molecular complexity index is 910. The van der Waals surface area contributed by atoms with Gasteiger partial charge in [-0.25, -0.2) is 0 Å². The summed E-state index contributed by atoms with van der Waals surface area (Å²) in [5.41, 5.74) is 6.34. The van der Waals surface area contributed by atoms with E-state index in [9.17, 15) is 9.90 Å². The zero-order valence-corrected chi connectivity index (χ0v) is 15.0. The normalized spacial score (nSPS) is 10.8. The number of halogens is 1. The summed E-state index contributed by atoms with van der Waals surface area (Å²) in [4.78, 5) is 10.9. The van der Waals surface area contributed by atoms with Gasteiger partial charge in [0, 0.05) is 22.4 Å². The summed E-state index contributed by atoms with van der Waals surface area (Å²) < 4.78 is 2.13. The molecule has 3 nitrogen and oxygen atoms in total. The van der Waals surface area contributed by atoms with E-state index in [0.717, 1.165) is 33.8 Å². The number of carboxylic acids is 1. The van der Waals surface area contributed by atoms with Crippen molar-refractivity contribution in [1.82, 2.24) is 4.57 Å². The number of carboxylic acid groups (broad SMARTS) is 1. The Labute approximate surface area is 152 Å². The second kappa shape index (κ2) is 7.16. The van der Waals surface area contributed by atoms with Crippen LogP contribution in [0, 0.1) is 13.8 Å². The lowest BCUT2D eigenvalue weighted by atomic mass is 10.1. The van der Waals surface area contributed by atoms with Gasteiger partial charge in [-0.1, -0.05) is 35.9 Å². The van der Waals surface area contributed by atoms with Crippen molar-refractivity contribution in [3.63, 3.8) is 0 Å². The fourth-order valence-corrected chi connectivity index (χ4v) is 3.12. The van der Waals surface area contributed by atoms with Gasteiger partial charge in [0.15, 0.2) is 0 Å².